The van der Waals surface area contributed by atoms with Gasteiger partial charge in [-0.1, -0.05) is 31.9 Å². The summed E-state index contributed by atoms with van der Waals surface area (Å²) in [5.41, 5.74) is -0.417. The van der Waals surface area contributed by atoms with Gasteiger partial charge in [0.05, 0.1) is 17.7 Å². The summed E-state index contributed by atoms with van der Waals surface area (Å²) in [6.07, 6.45) is 0.601. The molecule has 0 bridgehead atoms. The van der Waals surface area contributed by atoms with Crippen LogP contribution in [0.4, 0.5) is 8.78 Å². The number of hydrogen-bond acceptors (Lipinski definition) is 5. The summed E-state index contributed by atoms with van der Waals surface area (Å²) in [6, 6.07) is 0.311. The summed E-state index contributed by atoms with van der Waals surface area (Å²) in [5, 5.41) is 2.05. The van der Waals surface area contributed by atoms with E-state index < -0.39 is 47.7 Å². The highest BCUT2D eigenvalue weighted by atomic mass is 35.5. The Morgan fingerprint density at radius 3 is 2.40 bits per heavy atom. The van der Waals surface area contributed by atoms with Crippen molar-refractivity contribution in [1.29, 1.82) is 0 Å². The maximum atomic E-state index is 13.2. The van der Waals surface area contributed by atoms with Crippen LogP contribution in [-0.4, -0.2) is 37.6 Å². The Balaban J connectivity index is 2.70. The van der Waals surface area contributed by atoms with E-state index in [0.717, 1.165) is 0 Å². The number of benzene rings is 1. The fourth-order valence-electron chi connectivity index (χ4n) is 1.90. The van der Waals surface area contributed by atoms with Crippen LogP contribution in [0.15, 0.2) is 12.1 Å². The van der Waals surface area contributed by atoms with Gasteiger partial charge in [-0.25, -0.2) is 18.4 Å². The van der Waals surface area contributed by atoms with Crippen molar-refractivity contribution >= 4 is 29.4 Å². The second-order valence-electron chi connectivity index (χ2n) is 5.28. The van der Waals surface area contributed by atoms with Crippen LogP contribution < -0.4 is 5.32 Å². The summed E-state index contributed by atoms with van der Waals surface area (Å²) >= 11 is 5.65. The lowest BCUT2D eigenvalue weighted by Gasteiger charge is -2.21. The van der Waals surface area contributed by atoms with E-state index in [0.29, 0.717) is 18.6 Å². The van der Waals surface area contributed by atoms with Crippen LogP contribution >= 0.6 is 11.6 Å². The molecule has 0 aromatic heterocycles. The lowest BCUT2D eigenvalue weighted by Crippen LogP contribution is -2.47. The minimum Gasteiger partial charge on any atom is -0.467 e. The largest absolute Gasteiger partial charge is 0.467 e. The molecule has 1 amide bonds. The maximum Gasteiger partial charge on any atom is 0.340 e. The van der Waals surface area contributed by atoms with Crippen molar-refractivity contribution in [3.05, 3.63) is 34.4 Å². The predicted molar refractivity (Wildman–Crippen MR) is 85.1 cm³/mol. The third-order valence-corrected chi connectivity index (χ3v) is 3.86. The van der Waals surface area contributed by atoms with Gasteiger partial charge >= 0.3 is 11.9 Å². The van der Waals surface area contributed by atoms with Gasteiger partial charge in [-0.15, -0.1) is 0 Å². The molecule has 1 aromatic carbocycles. The van der Waals surface area contributed by atoms with Gasteiger partial charge in [0.2, 0.25) is 0 Å². The van der Waals surface area contributed by atoms with Gasteiger partial charge in [0.25, 0.3) is 5.91 Å². The van der Waals surface area contributed by atoms with E-state index in [4.69, 9.17) is 16.3 Å². The summed E-state index contributed by atoms with van der Waals surface area (Å²) in [7, 11) is 1.19. The molecule has 6 nitrogen and oxygen atoms in total. The molecule has 0 fully saturated rings. The zero-order valence-corrected chi connectivity index (χ0v) is 14.7. The lowest BCUT2D eigenvalue weighted by atomic mass is 9.99. The number of hydrogen-bond donors (Lipinski definition) is 1. The molecule has 0 aliphatic rings. The molecule has 1 N–H and O–H groups in total. The Labute approximate surface area is 148 Å². The Bertz CT molecular complexity index is 668. The number of carbonyl (C=O) groups is 3. The van der Waals surface area contributed by atoms with E-state index in [2.05, 4.69) is 10.1 Å². The Morgan fingerprint density at radius 2 is 1.84 bits per heavy atom. The van der Waals surface area contributed by atoms with Crippen LogP contribution in [0.25, 0.3) is 0 Å². The summed E-state index contributed by atoms with van der Waals surface area (Å²) in [4.78, 5) is 35.4. The average Bonchev–Trinajstić information content (AvgIpc) is 2.59. The van der Waals surface area contributed by atoms with Crippen LogP contribution in [0.5, 0.6) is 0 Å². The first kappa shape index (κ1) is 20.8. The van der Waals surface area contributed by atoms with Gasteiger partial charge in [0.1, 0.15) is 6.04 Å². The predicted octanol–water partition coefficient (Wildman–Crippen LogP) is 2.48. The minimum atomic E-state index is -1.27. The molecule has 0 spiro atoms. The van der Waals surface area contributed by atoms with Crippen molar-refractivity contribution < 1.29 is 32.6 Å². The summed E-state index contributed by atoms with van der Waals surface area (Å²) in [6.45, 7) is 2.85. The van der Waals surface area contributed by atoms with Crippen LogP contribution in [0.2, 0.25) is 5.02 Å². The van der Waals surface area contributed by atoms with Gasteiger partial charge in [-0.2, -0.15) is 0 Å². The van der Waals surface area contributed by atoms with Crippen molar-refractivity contribution in [3.8, 4) is 0 Å². The second kappa shape index (κ2) is 9.31. The number of amides is 1. The molecule has 2 atom stereocenters. The van der Waals surface area contributed by atoms with Gasteiger partial charge in [0.15, 0.2) is 18.2 Å². The number of halogens is 3. The number of ether oxygens (including phenoxy) is 2. The van der Waals surface area contributed by atoms with Crippen molar-refractivity contribution in [3.63, 3.8) is 0 Å². The minimum absolute atomic E-state index is 0.201. The second-order valence-corrected chi connectivity index (χ2v) is 5.68. The van der Waals surface area contributed by atoms with Crippen molar-refractivity contribution in [2.75, 3.05) is 13.7 Å². The average molecular weight is 378 g/mol. The van der Waals surface area contributed by atoms with Gasteiger partial charge in [-0.05, 0) is 18.1 Å². The molecule has 0 aliphatic carbocycles. The number of rotatable bonds is 7. The Hall–Kier alpha value is -2.22. The topological polar surface area (TPSA) is 81.7 Å². The highest BCUT2D eigenvalue weighted by molar-refractivity contribution is 6.33. The zero-order valence-electron chi connectivity index (χ0n) is 13.9. The number of methoxy groups -OCH3 is 1. The van der Waals surface area contributed by atoms with Crippen LogP contribution in [0, 0.1) is 17.6 Å². The highest BCUT2D eigenvalue weighted by Crippen LogP contribution is 2.20. The smallest absolute Gasteiger partial charge is 0.340 e. The fourth-order valence-corrected chi connectivity index (χ4v) is 2.13. The van der Waals surface area contributed by atoms with Crippen LogP contribution in [0.3, 0.4) is 0 Å². The van der Waals surface area contributed by atoms with Crippen molar-refractivity contribution in [1.82, 2.24) is 5.32 Å². The molecule has 25 heavy (non-hydrogen) atoms. The normalized spacial score (nSPS) is 12.9. The molecule has 0 unspecified atom stereocenters. The monoisotopic (exact) mass is 377 g/mol. The third-order valence-electron chi connectivity index (χ3n) is 3.55. The SMILES string of the molecule is CC[C@H](C)[C@@H](NC(=O)COC(=O)c1cc(F)c(F)cc1Cl)C(=O)OC. The quantitative estimate of drug-likeness (QED) is 0.583. The standard InChI is InChI=1S/C16H18ClF2NO5/c1-4-8(2)14(16(23)24-3)20-13(21)7-25-15(22)9-5-11(18)12(19)6-10(9)17/h5-6,8,14H,4,7H2,1-3H3,(H,20,21)/t8-,14+/m0/s1. The van der Waals surface area contributed by atoms with Gasteiger partial charge < -0.3 is 14.8 Å². The number of carbonyl (C=O) groups excluding carboxylic acids is 3. The lowest BCUT2D eigenvalue weighted by molar-refractivity contribution is -0.147. The molecule has 0 heterocycles. The van der Waals surface area contributed by atoms with E-state index in [-0.39, 0.29) is 10.9 Å². The van der Waals surface area contributed by atoms with Crippen molar-refractivity contribution in [2.24, 2.45) is 5.92 Å². The van der Waals surface area contributed by atoms with Gasteiger partial charge in [-0.3, -0.25) is 4.79 Å². The van der Waals surface area contributed by atoms with Gasteiger partial charge in [0, 0.05) is 0 Å². The van der Waals surface area contributed by atoms with Crippen LogP contribution in [0.1, 0.15) is 30.6 Å². The Morgan fingerprint density at radius 1 is 1.24 bits per heavy atom. The van der Waals surface area contributed by atoms with Crippen LogP contribution in [-0.2, 0) is 19.1 Å². The van der Waals surface area contributed by atoms with E-state index >= 15 is 0 Å². The molecule has 0 aliphatic heterocycles. The first-order valence-corrected chi connectivity index (χ1v) is 7.77. The molecule has 9 heteroatoms. The first-order valence-electron chi connectivity index (χ1n) is 7.40. The molecule has 138 valence electrons. The van der Waals surface area contributed by atoms with E-state index in [1.807, 2.05) is 6.92 Å². The molecule has 0 radical (unpaired) electrons. The van der Waals surface area contributed by atoms with E-state index in [9.17, 15) is 23.2 Å². The maximum absolute atomic E-state index is 13.2. The number of esters is 2. The van der Waals surface area contributed by atoms with E-state index in [1.165, 1.54) is 7.11 Å². The molecule has 1 rings (SSSR count). The molecular formula is C16H18ClF2NO5. The third kappa shape index (κ3) is 5.67. The highest BCUT2D eigenvalue weighted by Gasteiger charge is 2.27. The first-order chi connectivity index (χ1) is 11.7. The Kier molecular flexibility index (Phi) is 7.76. The molecule has 1 aromatic rings. The number of nitrogens with one attached hydrogen (secondary N) is 1. The molecular weight excluding hydrogens is 360 g/mol. The zero-order chi connectivity index (χ0) is 19.1. The molecule has 0 saturated heterocycles. The van der Waals surface area contributed by atoms with Crippen molar-refractivity contribution in [2.45, 2.75) is 26.3 Å². The summed E-state index contributed by atoms with van der Waals surface area (Å²) in [5.74, 6) is -5.16. The van der Waals surface area contributed by atoms with E-state index in [1.54, 1.807) is 6.92 Å². The molecule has 0 saturated carbocycles. The summed E-state index contributed by atoms with van der Waals surface area (Å²) < 4.78 is 35.5. The fraction of sp³-hybridized carbons (Fsp3) is 0.438.